The van der Waals surface area contributed by atoms with E-state index in [0.717, 1.165) is 25.9 Å². The van der Waals surface area contributed by atoms with E-state index in [4.69, 9.17) is 4.74 Å². The van der Waals surface area contributed by atoms with Crippen LogP contribution >= 0.6 is 0 Å². The molecule has 1 fully saturated rings. The maximum atomic E-state index is 12.2. The molecule has 0 radical (unpaired) electrons. The molecule has 1 saturated heterocycles. The van der Waals surface area contributed by atoms with Gasteiger partial charge < -0.3 is 15.4 Å². The third-order valence-corrected chi connectivity index (χ3v) is 3.89. The van der Waals surface area contributed by atoms with Gasteiger partial charge in [-0.15, -0.1) is 0 Å². The first kappa shape index (κ1) is 16.5. The van der Waals surface area contributed by atoms with E-state index in [-0.39, 0.29) is 24.0 Å². The maximum Gasteiger partial charge on any atom is 0.251 e. The van der Waals surface area contributed by atoms with Gasteiger partial charge in [0.25, 0.3) is 11.8 Å². The van der Waals surface area contributed by atoms with Crippen molar-refractivity contribution in [3.8, 4) is 0 Å². The Hall–Kier alpha value is -1.88. The van der Waals surface area contributed by atoms with Gasteiger partial charge in [-0.2, -0.15) is 0 Å². The molecule has 1 aliphatic heterocycles. The zero-order valence-corrected chi connectivity index (χ0v) is 13.2. The van der Waals surface area contributed by atoms with Gasteiger partial charge in [-0.25, -0.2) is 0 Å². The van der Waals surface area contributed by atoms with E-state index in [0.29, 0.717) is 17.7 Å². The predicted octanol–water partition coefficient (Wildman–Crippen LogP) is 2.12. The maximum absolute atomic E-state index is 12.2. The van der Waals surface area contributed by atoms with Crippen LogP contribution in [0.5, 0.6) is 0 Å². The van der Waals surface area contributed by atoms with Crippen LogP contribution in [0.25, 0.3) is 0 Å². The zero-order chi connectivity index (χ0) is 15.9. The number of carbonyl (C=O) groups is 2. The van der Waals surface area contributed by atoms with Crippen LogP contribution in [0.2, 0.25) is 0 Å². The largest absolute Gasteiger partial charge is 0.376 e. The van der Waals surface area contributed by atoms with Gasteiger partial charge in [0.1, 0.15) is 0 Å². The van der Waals surface area contributed by atoms with Crippen molar-refractivity contribution in [1.29, 1.82) is 0 Å². The van der Waals surface area contributed by atoms with Crippen LogP contribution in [0.4, 0.5) is 0 Å². The van der Waals surface area contributed by atoms with E-state index < -0.39 is 0 Å². The second-order valence-electron chi connectivity index (χ2n) is 5.71. The summed E-state index contributed by atoms with van der Waals surface area (Å²) in [5.74, 6) is -0.322. The Balaban J connectivity index is 1.94. The van der Waals surface area contributed by atoms with Crippen LogP contribution in [0.3, 0.4) is 0 Å². The smallest absolute Gasteiger partial charge is 0.251 e. The van der Waals surface area contributed by atoms with Crippen LogP contribution in [-0.4, -0.2) is 37.1 Å². The van der Waals surface area contributed by atoms with Crippen molar-refractivity contribution in [3.63, 3.8) is 0 Å². The molecule has 2 N–H and O–H groups in total. The standard InChI is InChI=1S/C17H24N2O3/c1-3-12(2)19-17(21)14-7-4-6-13(10-14)16(20)18-11-15-8-5-9-22-15/h4,6-7,10,12,15H,3,5,8-9,11H2,1-2H3,(H,18,20)(H,19,21). The van der Waals surface area contributed by atoms with Crippen molar-refractivity contribution >= 4 is 11.8 Å². The van der Waals surface area contributed by atoms with Gasteiger partial charge in [-0.05, 0) is 44.4 Å². The lowest BCUT2D eigenvalue weighted by Gasteiger charge is -2.13. The fourth-order valence-corrected chi connectivity index (χ4v) is 2.32. The van der Waals surface area contributed by atoms with Crippen LogP contribution in [0.15, 0.2) is 24.3 Å². The molecule has 0 bridgehead atoms. The summed E-state index contributed by atoms with van der Waals surface area (Å²) in [5, 5.41) is 5.76. The monoisotopic (exact) mass is 304 g/mol. The highest BCUT2D eigenvalue weighted by atomic mass is 16.5. The van der Waals surface area contributed by atoms with E-state index in [2.05, 4.69) is 10.6 Å². The number of rotatable bonds is 6. The summed E-state index contributed by atoms with van der Waals surface area (Å²) in [4.78, 5) is 24.2. The first-order valence-electron chi connectivity index (χ1n) is 7.91. The van der Waals surface area contributed by atoms with E-state index in [1.165, 1.54) is 0 Å². The van der Waals surface area contributed by atoms with E-state index in [1.54, 1.807) is 24.3 Å². The molecule has 0 aromatic heterocycles. The molecular weight excluding hydrogens is 280 g/mol. The van der Waals surface area contributed by atoms with Crippen LogP contribution in [0, 0.1) is 0 Å². The molecule has 2 amide bonds. The van der Waals surface area contributed by atoms with Gasteiger partial charge >= 0.3 is 0 Å². The summed E-state index contributed by atoms with van der Waals surface area (Å²) < 4.78 is 5.48. The Morgan fingerprint density at radius 2 is 2.05 bits per heavy atom. The first-order chi connectivity index (χ1) is 10.6. The SMILES string of the molecule is CCC(C)NC(=O)c1cccc(C(=O)NCC2CCCO2)c1. The van der Waals surface area contributed by atoms with Crippen molar-refractivity contribution in [2.45, 2.75) is 45.3 Å². The van der Waals surface area contributed by atoms with E-state index in [9.17, 15) is 9.59 Å². The fraction of sp³-hybridized carbons (Fsp3) is 0.529. The third-order valence-electron chi connectivity index (χ3n) is 3.89. The highest BCUT2D eigenvalue weighted by Crippen LogP contribution is 2.11. The molecule has 0 saturated carbocycles. The Labute approximate surface area is 131 Å². The van der Waals surface area contributed by atoms with Crippen molar-refractivity contribution in [1.82, 2.24) is 10.6 Å². The number of ether oxygens (including phenoxy) is 1. The second kappa shape index (κ2) is 7.94. The normalized spacial score (nSPS) is 18.7. The van der Waals surface area contributed by atoms with Gasteiger partial charge in [0, 0.05) is 30.3 Å². The molecular formula is C17H24N2O3. The number of nitrogens with one attached hydrogen (secondary N) is 2. The molecule has 2 unspecified atom stereocenters. The highest BCUT2D eigenvalue weighted by Gasteiger charge is 2.17. The first-order valence-corrected chi connectivity index (χ1v) is 7.91. The molecule has 2 atom stereocenters. The summed E-state index contributed by atoms with van der Waals surface area (Å²) in [7, 11) is 0. The molecule has 5 nitrogen and oxygen atoms in total. The predicted molar refractivity (Wildman–Crippen MR) is 85.0 cm³/mol. The number of amides is 2. The quantitative estimate of drug-likeness (QED) is 0.846. The summed E-state index contributed by atoms with van der Waals surface area (Å²) in [6, 6.07) is 6.90. The molecule has 0 spiro atoms. The lowest BCUT2D eigenvalue weighted by Crippen LogP contribution is -2.33. The second-order valence-corrected chi connectivity index (χ2v) is 5.71. The molecule has 5 heteroatoms. The van der Waals surface area contributed by atoms with Gasteiger partial charge in [0.2, 0.25) is 0 Å². The summed E-state index contributed by atoms with van der Waals surface area (Å²) in [6.07, 6.45) is 3.01. The minimum Gasteiger partial charge on any atom is -0.376 e. The summed E-state index contributed by atoms with van der Waals surface area (Å²) in [6.45, 7) is 5.25. The van der Waals surface area contributed by atoms with Crippen molar-refractivity contribution in [2.75, 3.05) is 13.2 Å². The Morgan fingerprint density at radius 1 is 1.32 bits per heavy atom. The van der Waals surface area contributed by atoms with Crippen LogP contribution in [0.1, 0.15) is 53.8 Å². The van der Waals surface area contributed by atoms with Gasteiger partial charge in [-0.3, -0.25) is 9.59 Å². The van der Waals surface area contributed by atoms with Crippen molar-refractivity contribution in [2.24, 2.45) is 0 Å². The molecule has 120 valence electrons. The van der Waals surface area contributed by atoms with E-state index >= 15 is 0 Å². The topological polar surface area (TPSA) is 67.4 Å². The molecule has 1 heterocycles. The molecule has 2 rings (SSSR count). The molecule has 0 aliphatic carbocycles. The zero-order valence-electron chi connectivity index (χ0n) is 13.2. The van der Waals surface area contributed by atoms with Gasteiger partial charge in [-0.1, -0.05) is 13.0 Å². The fourth-order valence-electron chi connectivity index (χ4n) is 2.32. The van der Waals surface area contributed by atoms with Crippen LogP contribution < -0.4 is 10.6 Å². The summed E-state index contributed by atoms with van der Waals surface area (Å²) in [5.41, 5.74) is 1.000. The Kier molecular flexibility index (Phi) is 5.95. The Bertz CT molecular complexity index is 524. The summed E-state index contributed by atoms with van der Waals surface area (Å²) >= 11 is 0. The lowest BCUT2D eigenvalue weighted by atomic mass is 10.1. The average Bonchev–Trinajstić information content (AvgIpc) is 3.06. The lowest BCUT2D eigenvalue weighted by molar-refractivity contribution is 0.0857. The highest BCUT2D eigenvalue weighted by molar-refractivity contribution is 5.99. The molecule has 22 heavy (non-hydrogen) atoms. The average molecular weight is 304 g/mol. The third kappa shape index (κ3) is 4.56. The molecule has 1 aromatic rings. The molecule has 1 aromatic carbocycles. The molecule has 1 aliphatic rings. The van der Waals surface area contributed by atoms with E-state index in [1.807, 2.05) is 13.8 Å². The Morgan fingerprint density at radius 3 is 2.68 bits per heavy atom. The van der Waals surface area contributed by atoms with Crippen molar-refractivity contribution in [3.05, 3.63) is 35.4 Å². The van der Waals surface area contributed by atoms with Crippen LogP contribution in [-0.2, 0) is 4.74 Å². The van der Waals surface area contributed by atoms with Gasteiger partial charge in [0.05, 0.1) is 6.10 Å². The van der Waals surface area contributed by atoms with Crippen molar-refractivity contribution < 1.29 is 14.3 Å². The number of benzene rings is 1. The number of hydrogen-bond acceptors (Lipinski definition) is 3. The van der Waals surface area contributed by atoms with Gasteiger partial charge in [0.15, 0.2) is 0 Å². The number of carbonyl (C=O) groups excluding carboxylic acids is 2. The number of hydrogen-bond donors (Lipinski definition) is 2. The minimum absolute atomic E-state index is 0.112. The minimum atomic E-state index is -0.173.